The molecule has 0 bridgehead atoms. The summed E-state index contributed by atoms with van der Waals surface area (Å²) >= 11 is 0. The maximum atomic E-state index is 11.8. The molecule has 0 amide bonds. The molecule has 0 N–H and O–H groups in total. The van der Waals surface area contributed by atoms with Crippen LogP contribution in [0, 0.1) is 11.8 Å². The molecule has 1 heterocycles. The van der Waals surface area contributed by atoms with Crippen LogP contribution in [-0.4, -0.2) is 38.5 Å². The quantitative estimate of drug-likeness (QED) is 0.213. The molecule has 0 spiro atoms. The molecule has 0 saturated carbocycles. The van der Waals surface area contributed by atoms with Gasteiger partial charge in [0.05, 0.1) is 32.5 Å². The van der Waals surface area contributed by atoms with Gasteiger partial charge in [-0.25, -0.2) is 0 Å². The zero-order valence-corrected chi connectivity index (χ0v) is 18.9. The summed E-state index contributed by atoms with van der Waals surface area (Å²) in [5, 5.41) is 0. The number of rotatable bonds is 17. The molecule has 1 aliphatic heterocycles. The van der Waals surface area contributed by atoms with Gasteiger partial charge < -0.3 is 14.2 Å². The Morgan fingerprint density at radius 3 is 2.29 bits per heavy atom. The Labute approximate surface area is 174 Å². The summed E-state index contributed by atoms with van der Waals surface area (Å²) in [6.45, 7) is 9.63. The number of unbranched alkanes of at least 4 members (excludes halogenated alkanes) is 7. The molecule has 4 nitrogen and oxygen atoms in total. The minimum Gasteiger partial charge on any atom is -0.466 e. The fourth-order valence-corrected chi connectivity index (χ4v) is 3.90. The fraction of sp³-hybridized carbons (Fsp3) is 0.958. The van der Waals surface area contributed by atoms with Crippen LogP contribution in [0.3, 0.4) is 0 Å². The standard InChI is InChI=1S/C24H46O4/c1-4-22(23-20-26-18-19-27-23)15-11-7-8-12-16-24(25)28-17-13-9-5-6-10-14-21(2)3/h21-23H,4-20H2,1-3H3. The molecule has 2 unspecified atom stereocenters. The molecule has 4 heteroatoms. The van der Waals surface area contributed by atoms with Gasteiger partial charge in [-0.3, -0.25) is 4.79 Å². The highest BCUT2D eigenvalue weighted by molar-refractivity contribution is 5.69. The predicted octanol–water partition coefficient (Wildman–Crippen LogP) is 6.31. The van der Waals surface area contributed by atoms with Crippen molar-refractivity contribution in [1.82, 2.24) is 0 Å². The molecule has 0 aromatic carbocycles. The van der Waals surface area contributed by atoms with E-state index in [0.29, 0.717) is 18.9 Å². The lowest BCUT2D eigenvalue weighted by atomic mass is 9.92. The van der Waals surface area contributed by atoms with Crippen LogP contribution in [-0.2, 0) is 19.0 Å². The van der Waals surface area contributed by atoms with E-state index in [1.807, 2.05) is 0 Å². The van der Waals surface area contributed by atoms with Crippen molar-refractivity contribution >= 4 is 5.97 Å². The molecular formula is C24H46O4. The summed E-state index contributed by atoms with van der Waals surface area (Å²) < 4.78 is 16.7. The summed E-state index contributed by atoms with van der Waals surface area (Å²) in [5.41, 5.74) is 0. The number of carbonyl (C=O) groups excluding carboxylic acids is 1. The van der Waals surface area contributed by atoms with Gasteiger partial charge in [-0.2, -0.15) is 0 Å². The highest BCUT2D eigenvalue weighted by atomic mass is 16.6. The van der Waals surface area contributed by atoms with Gasteiger partial charge in [0.2, 0.25) is 0 Å². The molecule has 1 fully saturated rings. The van der Waals surface area contributed by atoms with Gasteiger partial charge in [0.15, 0.2) is 0 Å². The van der Waals surface area contributed by atoms with Gasteiger partial charge >= 0.3 is 5.97 Å². The van der Waals surface area contributed by atoms with Crippen LogP contribution in [0.2, 0.25) is 0 Å². The minimum absolute atomic E-state index is 0.0148. The van der Waals surface area contributed by atoms with Crippen molar-refractivity contribution in [2.75, 3.05) is 26.4 Å². The van der Waals surface area contributed by atoms with Gasteiger partial charge in [0.1, 0.15) is 0 Å². The third-order valence-electron chi connectivity index (χ3n) is 5.79. The summed E-state index contributed by atoms with van der Waals surface area (Å²) in [7, 11) is 0. The van der Waals surface area contributed by atoms with E-state index in [2.05, 4.69) is 20.8 Å². The van der Waals surface area contributed by atoms with Crippen LogP contribution in [0.1, 0.15) is 104 Å². The Balaban J connectivity index is 1.88. The third-order valence-corrected chi connectivity index (χ3v) is 5.79. The third kappa shape index (κ3) is 13.5. The molecule has 166 valence electrons. The van der Waals surface area contributed by atoms with Gasteiger partial charge in [-0.15, -0.1) is 0 Å². The van der Waals surface area contributed by atoms with E-state index < -0.39 is 0 Å². The van der Waals surface area contributed by atoms with E-state index in [9.17, 15) is 4.79 Å². The first-order valence-electron chi connectivity index (χ1n) is 12.0. The van der Waals surface area contributed by atoms with Crippen molar-refractivity contribution in [3.05, 3.63) is 0 Å². The highest BCUT2D eigenvalue weighted by Gasteiger charge is 2.23. The summed E-state index contributed by atoms with van der Waals surface area (Å²) in [5.74, 6) is 1.41. The van der Waals surface area contributed by atoms with Gasteiger partial charge in [-0.1, -0.05) is 78.6 Å². The Bertz CT molecular complexity index is 364. The van der Waals surface area contributed by atoms with Crippen LogP contribution < -0.4 is 0 Å². The maximum absolute atomic E-state index is 11.8. The zero-order valence-electron chi connectivity index (χ0n) is 18.9. The summed E-state index contributed by atoms with van der Waals surface area (Å²) in [6.07, 6.45) is 15.1. The van der Waals surface area contributed by atoms with Crippen molar-refractivity contribution in [2.45, 2.75) is 110 Å². The Hall–Kier alpha value is -0.610. The maximum Gasteiger partial charge on any atom is 0.305 e. The average molecular weight is 399 g/mol. The molecule has 2 atom stereocenters. The molecular weight excluding hydrogens is 352 g/mol. The van der Waals surface area contributed by atoms with Crippen LogP contribution in [0.15, 0.2) is 0 Å². The van der Waals surface area contributed by atoms with Crippen LogP contribution >= 0.6 is 0 Å². The molecule has 0 aromatic rings. The number of carbonyl (C=O) groups is 1. The lowest BCUT2D eigenvalue weighted by Crippen LogP contribution is -2.34. The Morgan fingerprint density at radius 2 is 1.61 bits per heavy atom. The largest absolute Gasteiger partial charge is 0.466 e. The van der Waals surface area contributed by atoms with Crippen molar-refractivity contribution in [1.29, 1.82) is 0 Å². The normalized spacial score (nSPS) is 18.4. The SMILES string of the molecule is CCC(CCCCCCC(=O)OCCCCCCCC(C)C)C1COCCO1. The van der Waals surface area contributed by atoms with E-state index >= 15 is 0 Å². The fourth-order valence-electron chi connectivity index (χ4n) is 3.90. The van der Waals surface area contributed by atoms with Crippen molar-refractivity contribution < 1.29 is 19.0 Å². The van der Waals surface area contributed by atoms with Crippen molar-refractivity contribution in [3.8, 4) is 0 Å². The molecule has 1 saturated heterocycles. The Morgan fingerprint density at radius 1 is 0.929 bits per heavy atom. The second-order valence-corrected chi connectivity index (χ2v) is 8.78. The van der Waals surface area contributed by atoms with Crippen LogP contribution in [0.25, 0.3) is 0 Å². The van der Waals surface area contributed by atoms with E-state index in [1.165, 1.54) is 51.4 Å². The topological polar surface area (TPSA) is 44.8 Å². The van der Waals surface area contributed by atoms with E-state index in [0.717, 1.165) is 51.4 Å². The number of ether oxygens (including phenoxy) is 3. The van der Waals surface area contributed by atoms with Crippen LogP contribution in [0.4, 0.5) is 0 Å². The first-order chi connectivity index (χ1) is 13.6. The zero-order chi connectivity index (χ0) is 20.5. The van der Waals surface area contributed by atoms with Gasteiger partial charge in [0, 0.05) is 6.42 Å². The smallest absolute Gasteiger partial charge is 0.305 e. The molecule has 0 radical (unpaired) electrons. The van der Waals surface area contributed by atoms with E-state index in [1.54, 1.807) is 0 Å². The van der Waals surface area contributed by atoms with Crippen molar-refractivity contribution in [2.24, 2.45) is 11.8 Å². The number of hydrogen-bond donors (Lipinski definition) is 0. The van der Waals surface area contributed by atoms with E-state index in [4.69, 9.17) is 14.2 Å². The van der Waals surface area contributed by atoms with Gasteiger partial charge in [0.25, 0.3) is 0 Å². The number of hydrogen-bond acceptors (Lipinski definition) is 4. The first kappa shape index (κ1) is 25.4. The van der Waals surface area contributed by atoms with E-state index in [-0.39, 0.29) is 12.1 Å². The number of esters is 1. The molecule has 0 aromatic heterocycles. The molecule has 28 heavy (non-hydrogen) atoms. The minimum atomic E-state index is -0.0148. The first-order valence-corrected chi connectivity index (χ1v) is 12.0. The van der Waals surface area contributed by atoms with Gasteiger partial charge in [-0.05, 0) is 31.1 Å². The van der Waals surface area contributed by atoms with Crippen molar-refractivity contribution in [3.63, 3.8) is 0 Å². The average Bonchev–Trinajstić information content (AvgIpc) is 2.70. The lowest BCUT2D eigenvalue weighted by molar-refractivity contribution is -0.143. The monoisotopic (exact) mass is 398 g/mol. The summed E-state index contributed by atoms with van der Waals surface area (Å²) in [4.78, 5) is 11.8. The summed E-state index contributed by atoms with van der Waals surface area (Å²) in [6, 6.07) is 0. The Kier molecular flexibility index (Phi) is 15.7. The van der Waals surface area contributed by atoms with Crippen LogP contribution in [0.5, 0.6) is 0 Å². The second kappa shape index (κ2) is 17.3. The predicted molar refractivity (Wildman–Crippen MR) is 116 cm³/mol. The highest BCUT2D eigenvalue weighted by Crippen LogP contribution is 2.22. The lowest BCUT2D eigenvalue weighted by Gasteiger charge is -2.29. The molecule has 1 rings (SSSR count). The molecule has 0 aliphatic carbocycles. The second-order valence-electron chi connectivity index (χ2n) is 8.78. The molecule has 1 aliphatic rings.